The third kappa shape index (κ3) is 46.4. The van der Waals surface area contributed by atoms with Crippen LogP contribution in [0, 0.1) is 0 Å². The van der Waals surface area contributed by atoms with E-state index in [1.54, 1.807) is 0 Å². The monoisotopic (exact) mass is 154 g/mol. The van der Waals surface area contributed by atoms with Crippen molar-refractivity contribution < 1.29 is 0 Å². The lowest BCUT2D eigenvalue weighted by Gasteiger charge is -1.77. The number of hydrogen-bond acceptors (Lipinski definition) is 0. The molecule has 0 heteroatoms. The van der Waals surface area contributed by atoms with Gasteiger partial charge >= 0.3 is 0 Å². The zero-order chi connectivity index (χ0) is 9.70. The SMILES string of the molecule is C/C=C\C=C(C)C.C=C.CC. The molecule has 0 radical (unpaired) electrons. The lowest BCUT2D eigenvalue weighted by atomic mass is 10.3. The molecule has 0 aliphatic heterocycles. The maximum atomic E-state index is 3.00. The molecule has 0 aromatic heterocycles. The summed E-state index contributed by atoms with van der Waals surface area (Å²) in [5, 5.41) is 0. The highest BCUT2D eigenvalue weighted by Gasteiger charge is 1.65. The van der Waals surface area contributed by atoms with E-state index in [2.05, 4.69) is 33.1 Å². The van der Waals surface area contributed by atoms with E-state index in [9.17, 15) is 0 Å². The fourth-order valence-corrected chi connectivity index (χ4v) is 0.289. The highest BCUT2D eigenvalue weighted by atomic mass is 13.7. The van der Waals surface area contributed by atoms with Crippen LogP contribution in [0.5, 0.6) is 0 Å². The van der Waals surface area contributed by atoms with Crippen molar-refractivity contribution >= 4 is 0 Å². The Labute approximate surface area is 72.3 Å². The van der Waals surface area contributed by atoms with Gasteiger partial charge in [-0.3, -0.25) is 0 Å². The van der Waals surface area contributed by atoms with Crippen molar-refractivity contribution in [3.63, 3.8) is 0 Å². The van der Waals surface area contributed by atoms with Crippen LogP contribution in [0.15, 0.2) is 37.0 Å². The Morgan fingerprint density at radius 3 is 1.55 bits per heavy atom. The largest absolute Gasteiger partial charge is 0.106 e. The van der Waals surface area contributed by atoms with Crippen LogP contribution >= 0.6 is 0 Å². The van der Waals surface area contributed by atoms with Crippen LogP contribution in [0.4, 0.5) is 0 Å². The fraction of sp³-hybridized carbons (Fsp3) is 0.455. The van der Waals surface area contributed by atoms with Crippen molar-refractivity contribution in [2.24, 2.45) is 0 Å². The predicted molar refractivity (Wildman–Crippen MR) is 56.8 cm³/mol. The minimum absolute atomic E-state index is 1.35. The quantitative estimate of drug-likeness (QED) is 0.389. The lowest BCUT2D eigenvalue weighted by molar-refractivity contribution is 1.39. The summed E-state index contributed by atoms with van der Waals surface area (Å²) in [5.74, 6) is 0. The van der Waals surface area contributed by atoms with E-state index in [4.69, 9.17) is 0 Å². The van der Waals surface area contributed by atoms with Crippen LogP contribution in [-0.4, -0.2) is 0 Å². The van der Waals surface area contributed by atoms with Crippen molar-refractivity contribution in [3.8, 4) is 0 Å². The van der Waals surface area contributed by atoms with E-state index >= 15 is 0 Å². The molecule has 0 saturated carbocycles. The Morgan fingerprint density at radius 1 is 1.09 bits per heavy atom. The van der Waals surface area contributed by atoms with Gasteiger partial charge in [0.2, 0.25) is 0 Å². The Bertz CT molecular complexity index is 92.6. The Morgan fingerprint density at radius 2 is 1.45 bits per heavy atom. The highest BCUT2D eigenvalue weighted by molar-refractivity contribution is 5.06. The van der Waals surface area contributed by atoms with Gasteiger partial charge in [0.25, 0.3) is 0 Å². The molecular formula is C11H22. The van der Waals surface area contributed by atoms with E-state index in [1.807, 2.05) is 32.9 Å². The summed E-state index contributed by atoms with van der Waals surface area (Å²) in [6.07, 6.45) is 6.14. The van der Waals surface area contributed by atoms with Gasteiger partial charge in [-0.05, 0) is 20.8 Å². The minimum Gasteiger partial charge on any atom is -0.106 e. The molecule has 0 fully saturated rings. The number of rotatable bonds is 1. The minimum atomic E-state index is 1.35. The normalized spacial score (nSPS) is 7.00. The van der Waals surface area contributed by atoms with Gasteiger partial charge in [-0.25, -0.2) is 0 Å². The lowest BCUT2D eigenvalue weighted by Crippen LogP contribution is -1.56. The van der Waals surface area contributed by atoms with Crippen LogP contribution in [0.2, 0.25) is 0 Å². The van der Waals surface area contributed by atoms with Crippen molar-refractivity contribution in [2.75, 3.05) is 0 Å². The summed E-state index contributed by atoms with van der Waals surface area (Å²) in [6.45, 7) is 16.2. The molecule has 0 saturated heterocycles. The number of allylic oxidation sites excluding steroid dienone is 4. The maximum absolute atomic E-state index is 3.00. The fourth-order valence-electron chi connectivity index (χ4n) is 0.289. The van der Waals surface area contributed by atoms with Crippen LogP contribution in [0.3, 0.4) is 0 Å². The molecular weight excluding hydrogens is 132 g/mol. The molecule has 0 N–H and O–H groups in total. The Balaban J connectivity index is -0.000000138. The zero-order valence-electron chi connectivity index (χ0n) is 8.65. The summed E-state index contributed by atoms with van der Waals surface area (Å²) >= 11 is 0. The molecule has 0 bridgehead atoms. The smallest absolute Gasteiger partial charge is 0.0439 e. The molecule has 0 nitrogen and oxygen atoms in total. The Kier molecular flexibility index (Phi) is 34.6. The van der Waals surface area contributed by atoms with Gasteiger partial charge in [0.15, 0.2) is 0 Å². The molecule has 0 heterocycles. The van der Waals surface area contributed by atoms with Crippen molar-refractivity contribution in [1.82, 2.24) is 0 Å². The van der Waals surface area contributed by atoms with E-state index in [0.29, 0.717) is 0 Å². The predicted octanol–water partition coefficient (Wildman–Crippen LogP) is 4.36. The van der Waals surface area contributed by atoms with Crippen molar-refractivity contribution in [1.29, 1.82) is 0 Å². The van der Waals surface area contributed by atoms with Gasteiger partial charge in [0, 0.05) is 0 Å². The topological polar surface area (TPSA) is 0 Å². The molecule has 0 aliphatic carbocycles. The second-order valence-electron chi connectivity index (χ2n) is 1.77. The molecule has 0 spiro atoms. The summed E-state index contributed by atoms with van der Waals surface area (Å²) in [7, 11) is 0. The summed E-state index contributed by atoms with van der Waals surface area (Å²) in [5.41, 5.74) is 1.35. The molecule has 0 aromatic rings. The first-order chi connectivity index (χ1) is 5.27. The molecule has 0 aromatic carbocycles. The zero-order valence-corrected chi connectivity index (χ0v) is 8.65. The molecule has 0 rings (SSSR count). The first-order valence-electron chi connectivity index (χ1n) is 4.03. The molecule has 11 heavy (non-hydrogen) atoms. The van der Waals surface area contributed by atoms with Crippen LogP contribution in [0.1, 0.15) is 34.6 Å². The van der Waals surface area contributed by atoms with Crippen LogP contribution in [-0.2, 0) is 0 Å². The van der Waals surface area contributed by atoms with E-state index in [0.717, 1.165) is 0 Å². The van der Waals surface area contributed by atoms with Gasteiger partial charge in [-0.2, -0.15) is 0 Å². The molecule has 0 amide bonds. The maximum Gasteiger partial charge on any atom is -0.0439 e. The van der Waals surface area contributed by atoms with Gasteiger partial charge in [0.1, 0.15) is 0 Å². The molecule has 0 unspecified atom stereocenters. The van der Waals surface area contributed by atoms with E-state index in [-0.39, 0.29) is 0 Å². The van der Waals surface area contributed by atoms with E-state index in [1.165, 1.54) is 5.57 Å². The average molecular weight is 154 g/mol. The Hall–Kier alpha value is -0.780. The van der Waals surface area contributed by atoms with E-state index < -0.39 is 0 Å². The standard InChI is InChI=1S/C7H12.C2H6.C2H4/c1-4-5-6-7(2)3;2*1-2/h4-6H,1-3H3;1-2H3;1-2H2/b5-4-;;. The summed E-state index contributed by atoms with van der Waals surface area (Å²) < 4.78 is 0. The number of hydrogen-bond donors (Lipinski definition) is 0. The van der Waals surface area contributed by atoms with Gasteiger partial charge in [-0.1, -0.05) is 37.6 Å². The first-order valence-corrected chi connectivity index (χ1v) is 4.03. The first kappa shape index (κ1) is 16.7. The second kappa shape index (κ2) is 22.9. The van der Waals surface area contributed by atoms with Gasteiger partial charge in [0.05, 0.1) is 0 Å². The van der Waals surface area contributed by atoms with Crippen molar-refractivity contribution in [2.45, 2.75) is 34.6 Å². The van der Waals surface area contributed by atoms with Gasteiger partial charge in [-0.15, -0.1) is 13.2 Å². The highest BCUT2D eigenvalue weighted by Crippen LogP contribution is 1.87. The summed E-state index contributed by atoms with van der Waals surface area (Å²) in [6, 6.07) is 0. The van der Waals surface area contributed by atoms with Crippen LogP contribution < -0.4 is 0 Å². The average Bonchev–Trinajstić information content (AvgIpc) is 2.08. The summed E-state index contributed by atoms with van der Waals surface area (Å²) in [4.78, 5) is 0. The third-order valence-electron chi connectivity index (χ3n) is 0.622. The third-order valence-corrected chi connectivity index (χ3v) is 0.622. The molecule has 0 atom stereocenters. The second-order valence-corrected chi connectivity index (χ2v) is 1.77. The van der Waals surface area contributed by atoms with Gasteiger partial charge < -0.3 is 0 Å². The molecule has 66 valence electrons. The van der Waals surface area contributed by atoms with Crippen LogP contribution in [0.25, 0.3) is 0 Å². The van der Waals surface area contributed by atoms with Crippen molar-refractivity contribution in [3.05, 3.63) is 37.0 Å². The molecule has 0 aliphatic rings.